The molecule has 4 nitrogen and oxygen atoms in total. The normalized spacial score (nSPS) is 15.7. The van der Waals surface area contributed by atoms with E-state index in [0.717, 1.165) is 42.8 Å². The number of benzene rings is 1. The molecule has 1 N–H and O–H groups in total. The van der Waals surface area contributed by atoms with Gasteiger partial charge in [-0.3, -0.25) is 9.69 Å². The van der Waals surface area contributed by atoms with Crippen LogP contribution < -0.4 is 5.32 Å². The van der Waals surface area contributed by atoms with Crippen molar-refractivity contribution in [3.8, 4) is 0 Å². The molecule has 0 radical (unpaired) electrons. The molecular formula is C14H19BrClN3O. The molecule has 1 aromatic carbocycles. The van der Waals surface area contributed by atoms with E-state index in [2.05, 4.69) is 21.2 Å². The Balaban J connectivity index is 1.88. The summed E-state index contributed by atoms with van der Waals surface area (Å²) in [6, 6.07) is 5.73. The lowest BCUT2D eigenvalue weighted by Gasteiger charge is -2.29. The number of halogens is 2. The molecule has 1 amide bonds. The van der Waals surface area contributed by atoms with Crippen molar-refractivity contribution in [3.63, 3.8) is 0 Å². The summed E-state index contributed by atoms with van der Waals surface area (Å²) >= 11 is 9.43. The largest absolute Gasteiger partial charge is 0.339 e. The summed E-state index contributed by atoms with van der Waals surface area (Å²) in [4.78, 5) is 16.1. The molecule has 1 aromatic rings. The molecule has 0 saturated carbocycles. The lowest BCUT2D eigenvalue weighted by Crippen LogP contribution is -2.49. The van der Waals surface area contributed by atoms with Gasteiger partial charge in [-0.15, -0.1) is 0 Å². The molecule has 0 aliphatic carbocycles. The summed E-state index contributed by atoms with van der Waals surface area (Å²) in [5.74, 6) is 0.194. The van der Waals surface area contributed by atoms with Crippen molar-refractivity contribution >= 4 is 33.4 Å². The van der Waals surface area contributed by atoms with E-state index < -0.39 is 0 Å². The number of nitrogens with one attached hydrogen (secondary N) is 1. The van der Waals surface area contributed by atoms with Gasteiger partial charge in [-0.05, 0) is 24.7 Å². The third kappa shape index (κ3) is 4.45. The molecule has 1 saturated heterocycles. The number of amides is 1. The second-order valence-electron chi connectivity index (χ2n) is 5.04. The van der Waals surface area contributed by atoms with Crippen molar-refractivity contribution in [2.24, 2.45) is 0 Å². The lowest BCUT2D eigenvalue weighted by molar-refractivity contribution is -0.132. The van der Waals surface area contributed by atoms with Crippen molar-refractivity contribution in [1.29, 1.82) is 0 Å². The molecule has 6 heteroatoms. The molecule has 1 fully saturated rings. The second kappa shape index (κ2) is 7.41. The maximum atomic E-state index is 12.2. The standard InChI is InChI=1S/C14H19BrClN3O/c1-18(9-11-2-3-12(16)8-13(11)15)10-14(20)19-6-4-17-5-7-19/h2-3,8,17H,4-7,9-10H2,1H3. The Kier molecular flexibility index (Phi) is 5.84. The van der Waals surface area contributed by atoms with E-state index in [1.807, 2.05) is 35.0 Å². The number of carbonyl (C=O) groups excluding carboxylic acids is 1. The number of rotatable bonds is 4. The first-order valence-electron chi connectivity index (χ1n) is 6.67. The average molecular weight is 361 g/mol. The molecule has 0 spiro atoms. The topological polar surface area (TPSA) is 35.6 Å². The molecule has 0 unspecified atom stereocenters. The summed E-state index contributed by atoms with van der Waals surface area (Å²) in [7, 11) is 1.96. The molecule has 1 aliphatic heterocycles. The van der Waals surface area contributed by atoms with E-state index in [1.54, 1.807) is 0 Å². The number of nitrogens with zero attached hydrogens (tertiary/aromatic N) is 2. The molecule has 2 rings (SSSR count). The smallest absolute Gasteiger partial charge is 0.236 e. The van der Waals surface area contributed by atoms with Gasteiger partial charge in [0.05, 0.1) is 6.54 Å². The van der Waals surface area contributed by atoms with Gasteiger partial charge in [0, 0.05) is 42.2 Å². The molecule has 1 heterocycles. The number of piperazine rings is 1. The van der Waals surface area contributed by atoms with Gasteiger partial charge in [-0.2, -0.15) is 0 Å². The van der Waals surface area contributed by atoms with Crippen LogP contribution in [0.3, 0.4) is 0 Å². The second-order valence-corrected chi connectivity index (χ2v) is 6.33. The van der Waals surface area contributed by atoms with Crippen molar-refractivity contribution in [3.05, 3.63) is 33.3 Å². The Labute approximate surface area is 133 Å². The molecule has 110 valence electrons. The highest BCUT2D eigenvalue weighted by atomic mass is 79.9. The summed E-state index contributed by atoms with van der Waals surface area (Å²) in [6.07, 6.45) is 0. The quantitative estimate of drug-likeness (QED) is 0.892. The van der Waals surface area contributed by atoms with Gasteiger partial charge < -0.3 is 10.2 Å². The molecule has 20 heavy (non-hydrogen) atoms. The first-order chi connectivity index (χ1) is 9.56. The zero-order valence-electron chi connectivity index (χ0n) is 11.5. The maximum Gasteiger partial charge on any atom is 0.236 e. The van der Waals surface area contributed by atoms with Gasteiger partial charge in [0.1, 0.15) is 0 Å². The highest BCUT2D eigenvalue weighted by Crippen LogP contribution is 2.22. The zero-order valence-corrected chi connectivity index (χ0v) is 13.9. The van der Waals surface area contributed by atoms with Crippen LogP contribution in [0.15, 0.2) is 22.7 Å². The van der Waals surface area contributed by atoms with Crippen molar-refractivity contribution < 1.29 is 4.79 Å². The SMILES string of the molecule is CN(CC(=O)N1CCNCC1)Cc1ccc(Cl)cc1Br. The first kappa shape index (κ1) is 15.8. The Morgan fingerprint density at radius 3 is 2.80 bits per heavy atom. The van der Waals surface area contributed by atoms with Crippen LogP contribution in [0.4, 0.5) is 0 Å². The lowest BCUT2D eigenvalue weighted by atomic mass is 10.2. The van der Waals surface area contributed by atoms with Gasteiger partial charge in [0.2, 0.25) is 5.91 Å². The monoisotopic (exact) mass is 359 g/mol. The number of carbonyl (C=O) groups is 1. The minimum absolute atomic E-state index is 0.194. The van der Waals surface area contributed by atoms with E-state index in [0.29, 0.717) is 11.6 Å². The predicted molar refractivity (Wildman–Crippen MR) is 84.9 cm³/mol. The maximum absolute atomic E-state index is 12.2. The van der Waals surface area contributed by atoms with Gasteiger partial charge in [-0.25, -0.2) is 0 Å². The highest BCUT2D eigenvalue weighted by molar-refractivity contribution is 9.10. The summed E-state index contributed by atoms with van der Waals surface area (Å²) in [5.41, 5.74) is 1.13. The Morgan fingerprint density at radius 1 is 1.45 bits per heavy atom. The van der Waals surface area contributed by atoms with E-state index in [4.69, 9.17) is 11.6 Å². The first-order valence-corrected chi connectivity index (χ1v) is 7.84. The van der Waals surface area contributed by atoms with Crippen LogP contribution in [0, 0.1) is 0 Å². The number of hydrogen-bond acceptors (Lipinski definition) is 3. The van der Waals surface area contributed by atoms with Crippen LogP contribution in [-0.4, -0.2) is 55.5 Å². The van der Waals surface area contributed by atoms with Crippen molar-refractivity contribution in [2.45, 2.75) is 6.54 Å². The predicted octanol–water partition coefficient (Wildman–Crippen LogP) is 1.97. The fourth-order valence-corrected chi connectivity index (χ4v) is 3.05. The summed E-state index contributed by atoms with van der Waals surface area (Å²) < 4.78 is 0.978. The van der Waals surface area contributed by atoms with Crippen LogP contribution >= 0.6 is 27.5 Å². The summed E-state index contributed by atoms with van der Waals surface area (Å²) in [6.45, 7) is 4.54. The average Bonchev–Trinajstić information content (AvgIpc) is 2.43. The Hall–Kier alpha value is -0.620. The number of likely N-dealkylation sites (N-methyl/N-ethyl adjacent to an activating group) is 1. The van der Waals surface area contributed by atoms with Crippen LogP contribution in [0.5, 0.6) is 0 Å². The third-order valence-corrected chi connectivity index (χ3v) is 4.30. The van der Waals surface area contributed by atoms with Crippen molar-refractivity contribution in [1.82, 2.24) is 15.1 Å². The molecule has 1 aliphatic rings. The fraction of sp³-hybridized carbons (Fsp3) is 0.500. The van der Waals surface area contributed by atoms with E-state index in [9.17, 15) is 4.79 Å². The van der Waals surface area contributed by atoms with Gasteiger partial charge in [0.25, 0.3) is 0 Å². The summed E-state index contributed by atoms with van der Waals surface area (Å²) in [5, 5.41) is 3.96. The Morgan fingerprint density at radius 2 is 2.15 bits per heavy atom. The van der Waals surface area contributed by atoms with E-state index in [-0.39, 0.29) is 5.91 Å². The minimum atomic E-state index is 0.194. The number of hydrogen-bond donors (Lipinski definition) is 1. The molecule has 0 bridgehead atoms. The molecule has 0 aromatic heterocycles. The fourth-order valence-electron chi connectivity index (χ4n) is 2.24. The van der Waals surface area contributed by atoms with Gasteiger partial charge in [-0.1, -0.05) is 33.6 Å². The molecular weight excluding hydrogens is 342 g/mol. The highest BCUT2D eigenvalue weighted by Gasteiger charge is 2.17. The van der Waals surface area contributed by atoms with E-state index in [1.165, 1.54) is 0 Å². The third-order valence-electron chi connectivity index (χ3n) is 3.33. The van der Waals surface area contributed by atoms with Crippen molar-refractivity contribution in [2.75, 3.05) is 39.8 Å². The van der Waals surface area contributed by atoms with Gasteiger partial charge >= 0.3 is 0 Å². The zero-order chi connectivity index (χ0) is 14.5. The molecule has 0 atom stereocenters. The van der Waals surface area contributed by atoms with Gasteiger partial charge in [0.15, 0.2) is 0 Å². The van der Waals surface area contributed by atoms with E-state index >= 15 is 0 Å². The van der Waals surface area contributed by atoms with Crippen LogP contribution in [0.2, 0.25) is 5.02 Å². The van der Waals surface area contributed by atoms with Crippen LogP contribution in [-0.2, 0) is 11.3 Å². The Bertz CT molecular complexity index is 477. The van der Waals surface area contributed by atoms with Crippen LogP contribution in [0.1, 0.15) is 5.56 Å². The van der Waals surface area contributed by atoms with Crippen LogP contribution in [0.25, 0.3) is 0 Å². The minimum Gasteiger partial charge on any atom is -0.339 e.